The van der Waals surface area contributed by atoms with E-state index in [0.717, 1.165) is 11.3 Å². The molecule has 0 bridgehead atoms. The Labute approximate surface area is 88.3 Å². The largest absolute Gasteiger partial charge is 0.497 e. The Bertz CT molecular complexity index is 344. The van der Waals surface area contributed by atoms with Crippen LogP contribution >= 0.6 is 0 Å². The Hall–Kier alpha value is -1.71. The van der Waals surface area contributed by atoms with Crippen LogP contribution in [-0.4, -0.2) is 20.8 Å². The molecule has 0 aliphatic carbocycles. The molecule has 0 N–H and O–H groups in total. The SMILES string of the molecule is COc1ccc([C@@H](CN=[N+]=[N-])OC)cc1. The van der Waals surface area contributed by atoms with Crippen LogP contribution in [0.5, 0.6) is 5.75 Å². The van der Waals surface area contributed by atoms with Crippen LogP contribution in [0.3, 0.4) is 0 Å². The van der Waals surface area contributed by atoms with Crippen molar-refractivity contribution >= 4 is 0 Å². The maximum atomic E-state index is 8.22. The van der Waals surface area contributed by atoms with Crippen molar-refractivity contribution in [1.29, 1.82) is 0 Å². The topological polar surface area (TPSA) is 67.2 Å². The van der Waals surface area contributed by atoms with Gasteiger partial charge in [0.2, 0.25) is 0 Å². The van der Waals surface area contributed by atoms with Gasteiger partial charge in [-0.3, -0.25) is 0 Å². The minimum atomic E-state index is -0.202. The first-order valence-corrected chi connectivity index (χ1v) is 4.49. The van der Waals surface area contributed by atoms with Crippen molar-refractivity contribution in [2.45, 2.75) is 6.10 Å². The highest BCUT2D eigenvalue weighted by Gasteiger charge is 2.08. The summed E-state index contributed by atoms with van der Waals surface area (Å²) in [4.78, 5) is 2.70. The lowest BCUT2D eigenvalue weighted by Gasteiger charge is -2.13. The molecule has 0 radical (unpaired) electrons. The number of ether oxygens (including phenoxy) is 2. The highest BCUT2D eigenvalue weighted by atomic mass is 16.5. The van der Waals surface area contributed by atoms with Crippen molar-refractivity contribution in [2.75, 3.05) is 20.8 Å². The van der Waals surface area contributed by atoms with Crippen LogP contribution in [0, 0.1) is 0 Å². The minimum absolute atomic E-state index is 0.202. The molecule has 0 saturated carbocycles. The van der Waals surface area contributed by atoms with Crippen LogP contribution < -0.4 is 4.74 Å². The Kier molecular flexibility index (Phi) is 4.47. The summed E-state index contributed by atoms with van der Waals surface area (Å²) >= 11 is 0. The molecule has 0 aliphatic heterocycles. The third-order valence-corrected chi connectivity index (χ3v) is 2.08. The van der Waals surface area contributed by atoms with Gasteiger partial charge in [-0.2, -0.15) is 0 Å². The zero-order valence-electron chi connectivity index (χ0n) is 8.75. The van der Waals surface area contributed by atoms with Gasteiger partial charge < -0.3 is 9.47 Å². The summed E-state index contributed by atoms with van der Waals surface area (Å²) in [5.74, 6) is 0.789. The van der Waals surface area contributed by atoms with E-state index in [1.54, 1.807) is 14.2 Å². The first-order chi connectivity index (χ1) is 7.31. The number of nitrogens with zero attached hydrogens (tertiary/aromatic N) is 3. The van der Waals surface area contributed by atoms with Gasteiger partial charge in [0, 0.05) is 12.0 Å². The molecule has 80 valence electrons. The molecule has 0 fully saturated rings. The van der Waals surface area contributed by atoms with Gasteiger partial charge in [0.15, 0.2) is 0 Å². The third kappa shape index (κ3) is 3.16. The Morgan fingerprint density at radius 2 is 2.00 bits per heavy atom. The van der Waals surface area contributed by atoms with Gasteiger partial charge in [0.1, 0.15) is 5.75 Å². The number of hydrogen-bond donors (Lipinski definition) is 0. The molecule has 0 spiro atoms. The van der Waals surface area contributed by atoms with Gasteiger partial charge in [0.25, 0.3) is 0 Å². The standard InChI is InChI=1S/C10H13N3O2/c1-14-9-5-3-8(4-6-9)10(15-2)7-12-13-11/h3-6,10H,7H2,1-2H3/t10-/m1/s1. The van der Waals surface area contributed by atoms with Crippen LogP contribution in [0.4, 0.5) is 0 Å². The van der Waals surface area contributed by atoms with Crippen molar-refractivity contribution < 1.29 is 9.47 Å². The van der Waals surface area contributed by atoms with Gasteiger partial charge in [-0.05, 0) is 23.2 Å². The molecule has 0 amide bonds. The van der Waals surface area contributed by atoms with Gasteiger partial charge in [-0.15, -0.1) is 0 Å². The van der Waals surface area contributed by atoms with Crippen LogP contribution in [-0.2, 0) is 4.74 Å². The lowest BCUT2D eigenvalue weighted by Crippen LogP contribution is -2.04. The molecule has 1 atom stereocenters. The van der Waals surface area contributed by atoms with E-state index in [-0.39, 0.29) is 6.10 Å². The lowest BCUT2D eigenvalue weighted by molar-refractivity contribution is 0.110. The van der Waals surface area contributed by atoms with E-state index in [1.807, 2.05) is 24.3 Å². The number of azide groups is 1. The predicted molar refractivity (Wildman–Crippen MR) is 56.8 cm³/mol. The zero-order chi connectivity index (χ0) is 11.1. The average molecular weight is 207 g/mol. The number of methoxy groups -OCH3 is 2. The molecule has 0 heterocycles. The maximum Gasteiger partial charge on any atom is 0.118 e. The van der Waals surface area contributed by atoms with Crippen LogP contribution in [0.1, 0.15) is 11.7 Å². The number of hydrogen-bond acceptors (Lipinski definition) is 3. The van der Waals surface area contributed by atoms with E-state index in [0.29, 0.717) is 6.54 Å². The lowest BCUT2D eigenvalue weighted by atomic mass is 10.1. The van der Waals surface area contributed by atoms with Crippen LogP contribution in [0.2, 0.25) is 0 Å². The van der Waals surface area contributed by atoms with E-state index < -0.39 is 0 Å². The van der Waals surface area contributed by atoms with E-state index in [9.17, 15) is 0 Å². The van der Waals surface area contributed by atoms with Gasteiger partial charge in [0.05, 0.1) is 19.8 Å². The summed E-state index contributed by atoms with van der Waals surface area (Å²) in [6.45, 7) is 0.291. The highest BCUT2D eigenvalue weighted by molar-refractivity contribution is 5.28. The Morgan fingerprint density at radius 3 is 2.47 bits per heavy atom. The second-order valence-corrected chi connectivity index (χ2v) is 2.91. The van der Waals surface area contributed by atoms with Crippen molar-refractivity contribution in [3.63, 3.8) is 0 Å². The highest BCUT2D eigenvalue weighted by Crippen LogP contribution is 2.20. The van der Waals surface area contributed by atoms with Gasteiger partial charge >= 0.3 is 0 Å². The Balaban J connectivity index is 2.77. The fourth-order valence-corrected chi connectivity index (χ4v) is 1.25. The zero-order valence-corrected chi connectivity index (χ0v) is 8.75. The molecule has 5 heteroatoms. The van der Waals surface area contributed by atoms with Gasteiger partial charge in [-0.25, -0.2) is 0 Å². The smallest absolute Gasteiger partial charge is 0.118 e. The van der Waals surface area contributed by atoms with E-state index in [4.69, 9.17) is 15.0 Å². The number of rotatable bonds is 5. The summed E-state index contributed by atoms with van der Waals surface area (Å²) in [5.41, 5.74) is 9.19. The van der Waals surface area contributed by atoms with Crippen LogP contribution in [0.15, 0.2) is 29.4 Å². The van der Waals surface area contributed by atoms with E-state index in [2.05, 4.69) is 10.0 Å². The fraction of sp³-hybridized carbons (Fsp3) is 0.400. The van der Waals surface area contributed by atoms with Crippen molar-refractivity contribution in [3.05, 3.63) is 40.3 Å². The molecule has 0 aliphatic rings. The first kappa shape index (κ1) is 11.4. The van der Waals surface area contributed by atoms with Gasteiger partial charge in [-0.1, -0.05) is 17.2 Å². The monoisotopic (exact) mass is 207 g/mol. The molecule has 15 heavy (non-hydrogen) atoms. The summed E-state index contributed by atoms with van der Waals surface area (Å²) in [7, 11) is 3.20. The minimum Gasteiger partial charge on any atom is -0.497 e. The van der Waals surface area contributed by atoms with E-state index in [1.165, 1.54) is 0 Å². The predicted octanol–water partition coefficient (Wildman–Crippen LogP) is 2.69. The van der Waals surface area contributed by atoms with Crippen molar-refractivity contribution in [1.82, 2.24) is 0 Å². The summed E-state index contributed by atoms with van der Waals surface area (Å²) in [6, 6.07) is 7.47. The normalized spacial score (nSPS) is 11.6. The molecule has 0 saturated heterocycles. The Morgan fingerprint density at radius 1 is 1.33 bits per heavy atom. The van der Waals surface area contributed by atoms with Crippen molar-refractivity contribution in [2.24, 2.45) is 5.11 Å². The molecule has 5 nitrogen and oxygen atoms in total. The molecule has 1 aromatic carbocycles. The number of benzene rings is 1. The molecular formula is C10H13N3O2. The first-order valence-electron chi connectivity index (χ1n) is 4.49. The van der Waals surface area contributed by atoms with Crippen LogP contribution in [0.25, 0.3) is 10.4 Å². The summed E-state index contributed by atoms with van der Waals surface area (Å²) < 4.78 is 10.2. The molecular weight excluding hydrogens is 194 g/mol. The summed E-state index contributed by atoms with van der Waals surface area (Å²) in [5, 5.41) is 3.49. The molecule has 0 unspecified atom stereocenters. The molecule has 0 aromatic heterocycles. The van der Waals surface area contributed by atoms with Crippen molar-refractivity contribution in [3.8, 4) is 5.75 Å². The average Bonchev–Trinajstić information content (AvgIpc) is 2.31. The maximum absolute atomic E-state index is 8.22. The quantitative estimate of drug-likeness (QED) is 0.423. The third-order valence-electron chi connectivity index (χ3n) is 2.08. The fourth-order valence-electron chi connectivity index (χ4n) is 1.25. The second kappa shape index (κ2) is 5.90. The molecule has 1 aromatic rings. The second-order valence-electron chi connectivity index (χ2n) is 2.91. The summed E-state index contributed by atoms with van der Waals surface area (Å²) in [6.07, 6.45) is -0.202. The van der Waals surface area contributed by atoms with E-state index >= 15 is 0 Å². The molecule has 1 rings (SSSR count).